The average molecular weight is 379 g/mol. The van der Waals surface area contributed by atoms with E-state index in [-0.39, 0.29) is 5.91 Å². The molecule has 0 fully saturated rings. The van der Waals surface area contributed by atoms with Crippen LogP contribution in [0.4, 0.5) is 5.00 Å². The number of ether oxygens (including phenoxy) is 1. The molecular weight excluding hydrogens is 360 g/mol. The lowest BCUT2D eigenvalue weighted by Crippen LogP contribution is -2.30. The minimum atomic E-state index is -0.764. The molecule has 1 aromatic heterocycles. The Kier molecular flexibility index (Phi) is 5.30. The fraction of sp³-hybridized carbons (Fsp3) is 0.333. The van der Waals surface area contributed by atoms with Crippen molar-refractivity contribution in [1.82, 2.24) is 0 Å². The third kappa shape index (κ3) is 3.80. The number of thiophene rings is 1. The normalized spacial score (nSPS) is 14.5. The zero-order chi connectivity index (χ0) is 18.0. The van der Waals surface area contributed by atoms with Crippen molar-refractivity contribution < 1.29 is 14.3 Å². The van der Waals surface area contributed by atoms with Gasteiger partial charge in [0.15, 0.2) is 6.10 Å². The molecule has 2 aromatic rings. The zero-order valence-corrected chi connectivity index (χ0v) is 15.4. The first-order valence-electron chi connectivity index (χ1n) is 8.13. The van der Waals surface area contributed by atoms with Gasteiger partial charge in [-0.1, -0.05) is 23.7 Å². The van der Waals surface area contributed by atoms with Gasteiger partial charge in [0.2, 0.25) is 0 Å². The standard InChI is InChI=1S/C18H19ClN2O3S/c1-10(24-13-8-4-3-7-12(13)19)17(23)21-18-15(16(20)22)11-6-2-5-9-14(11)25-18/h3-4,7-8,10H,2,5-6,9H2,1H3,(H2,20,22)(H,21,23). The Morgan fingerprint density at radius 3 is 2.72 bits per heavy atom. The van der Waals surface area contributed by atoms with Gasteiger partial charge in [0.1, 0.15) is 10.8 Å². The van der Waals surface area contributed by atoms with E-state index in [1.807, 2.05) is 0 Å². The van der Waals surface area contributed by atoms with Crippen molar-refractivity contribution in [3.63, 3.8) is 0 Å². The molecule has 1 aliphatic carbocycles. The lowest BCUT2D eigenvalue weighted by atomic mass is 9.95. The number of nitrogens with one attached hydrogen (secondary N) is 1. The van der Waals surface area contributed by atoms with Gasteiger partial charge in [-0.15, -0.1) is 11.3 Å². The first-order valence-corrected chi connectivity index (χ1v) is 9.33. The van der Waals surface area contributed by atoms with E-state index in [1.54, 1.807) is 31.2 Å². The van der Waals surface area contributed by atoms with Gasteiger partial charge < -0.3 is 15.8 Å². The van der Waals surface area contributed by atoms with Crippen LogP contribution in [0.25, 0.3) is 0 Å². The smallest absolute Gasteiger partial charge is 0.265 e. The van der Waals surface area contributed by atoms with Gasteiger partial charge in [-0.05, 0) is 50.3 Å². The van der Waals surface area contributed by atoms with Gasteiger partial charge >= 0.3 is 0 Å². The van der Waals surface area contributed by atoms with Crippen LogP contribution in [0.5, 0.6) is 5.75 Å². The van der Waals surface area contributed by atoms with Crippen molar-refractivity contribution in [1.29, 1.82) is 0 Å². The number of halogens is 1. The molecule has 0 saturated carbocycles. The number of primary amides is 1. The first kappa shape index (κ1) is 17.8. The van der Waals surface area contributed by atoms with Crippen molar-refractivity contribution in [2.75, 3.05) is 5.32 Å². The SMILES string of the molecule is CC(Oc1ccccc1Cl)C(=O)Nc1sc2c(c1C(N)=O)CCCC2. The summed E-state index contributed by atoms with van der Waals surface area (Å²) in [6.45, 7) is 1.64. The van der Waals surface area contributed by atoms with Crippen molar-refractivity contribution >= 4 is 39.8 Å². The van der Waals surface area contributed by atoms with E-state index >= 15 is 0 Å². The Morgan fingerprint density at radius 2 is 2.00 bits per heavy atom. The minimum Gasteiger partial charge on any atom is -0.479 e. The molecule has 1 atom stereocenters. The van der Waals surface area contributed by atoms with E-state index in [0.29, 0.717) is 21.3 Å². The number of rotatable bonds is 5. The van der Waals surface area contributed by atoms with Gasteiger partial charge in [-0.25, -0.2) is 0 Å². The average Bonchev–Trinajstić information content (AvgIpc) is 2.94. The Balaban J connectivity index is 1.77. The molecular formula is C18H19ClN2O3S. The first-order chi connectivity index (χ1) is 12.0. The Morgan fingerprint density at radius 1 is 1.28 bits per heavy atom. The van der Waals surface area contributed by atoms with E-state index in [4.69, 9.17) is 22.1 Å². The summed E-state index contributed by atoms with van der Waals surface area (Å²) in [6.07, 6.45) is 3.10. The van der Waals surface area contributed by atoms with Crippen LogP contribution in [0.3, 0.4) is 0 Å². The molecule has 1 aliphatic rings. The highest BCUT2D eigenvalue weighted by atomic mass is 35.5. The Bertz CT molecular complexity index is 819. The largest absolute Gasteiger partial charge is 0.479 e. The van der Waals surface area contributed by atoms with E-state index in [1.165, 1.54) is 11.3 Å². The summed E-state index contributed by atoms with van der Waals surface area (Å²) in [5, 5.41) is 3.75. The summed E-state index contributed by atoms with van der Waals surface area (Å²) in [5.41, 5.74) is 6.97. The summed E-state index contributed by atoms with van der Waals surface area (Å²) < 4.78 is 5.63. The molecule has 7 heteroatoms. The van der Waals surface area contributed by atoms with Crippen molar-refractivity contribution in [2.24, 2.45) is 5.73 Å². The highest BCUT2D eigenvalue weighted by molar-refractivity contribution is 7.17. The molecule has 25 heavy (non-hydrogen) atoms. The van der Waals surface area contributed by atoms with Crippen molar-refractivity contribution in [3.8, 4) is 5.75 Å². The summed E-state index contributed by atoms with van der Waals surface area (Å²) in [6, 6.07) is 6.96. The molecule has 0 bridgehead atoms. The van der Waals surface area contributed by atoms with Gasteiger partial charge in [0, 0.05) is 4.88 Å². The molecule has 5 nitrogen and oxygen atoms in total. The fourth-order valence-corrected chi connectivity index (χ4v) is 4.39. The second kappa shape index (κ2) is 7.45. The van der Waals surface area contributed by atoms with Crippen molar-refractivity contribution in [3.05, 3.63) is 45.3 Å². The second-order valence-corrected chi connectivity index (χ2v) is 7.47. The quantitative estimate of drug-likeness (QED) is 0.830. The van der Waals surface area contributed by atoms with Crippen LogP contribution in [0.1, 0.15) is 40.6 Å². The van der Waals surface area contributed by atoms with Crippen LogP contribution in [0.2, 0.25) is 5.02 Å². The molecule has 0 spiro atoms. The molecule has 3 N–H and O–H groups in total. The maximum atomic E-state index is 12.5. The predicted molar refractivity (Wildman–Crippen MR) is 99.7 cm³/mol. The number of hydrogen-bond acceptors (Lipinski definition) is 4. The van der Waals surface area contributed by atoms with Gasteiger partial charge in [0.25, 0.3) is 11.8 Å². The summed E-state index contributed by atoms with van der Waals surface area (Å²) in [5.74, 6) is -0.414. The fourth-order valence-electron chi connectivity index (χ4n) is 2.91. The zero-order valence-electron chi connectivity index (χ0n) is 13.8. The van der Waals surface area contributed by atoms with Crippen LogP contribution in [0.15, 0.2) is 24.3 Å². The Labute approximate surface area is 155 Å². The number of hydrogen-bond donors (Lipinski definition) is 2. The lowest BCUT2D eigenvalue weighted by molar-refractivity contribution is -0.122. The monoisotopic (exact) mass is 378 g/mol. The number of carbonyl (C=O) groups excluding carboxylic acids is 2. The van der Waals surface area contributed by atoms with Crippen LogP contribution < -0.4 is 15.8 Å². The van der Waals surface area contributed by atoms with Gasteiger partial charge in [-0.2, -0.15) is 0 Å². The summed E-state index contributed by atoms with van der Waals surface area (Å²) in [4.78, 5) is 25.5. The van der Waals surface area contributed by atoms with E-state index < -0.39 is 12.0 Å². The van der Waals surface area contributed by atoms with Crippen molar-refractivity contribution in [2.45, 2.75) is 38.7 Å². The number of anilines is 1. The predicted octanol–water partition coefficient (Wildman–Crippen LogP) is 3.79. The van der Waals surface area contributed by atoms with Crippen LogP contribution in [-0.2, 0) is 17.6 Å². The number of para-hydroxylation sites is 1. The molecule has 0 saturated heterocycles. The molecule has 0 aliphatic heterocycles. The number of amides is 2. The highest BCUT2D eigenvalue weighted by Crippen LogP contribution is 2.38. The molecule has 1 heterocycles. The van der Waals surface area contributed by atoms with Gasteiger partial charge in [-0.3, -0.25) is 9.59 Å². The maximum Gasteiger partial charge on any atom is 0.265 e. The highest BCUT2D eigenvalue weighted by Gasteiger charge is 2.26. The van der Waals surface area contributed by atoms with Crippen LogP contribution in [-0.4, -0.2) is 17.9 Å². The number of nitrogens with two attached hydrogens (primary N) is 1. The van der Waals surface area contributed by atoms with Gasteiger partial charge in [0.05, 0.1) is 10.6 Å². The van der Waals surface area contributed by atoms with E-state index in [0.717, 1.165) is 36.1 Å². The van der Waals surface area contributed by atoms with E-state index in [2.05, 4.69) is 5.32 Å². The number of fused-ring (bicyclic) bond motifs is 1. The van der Waals surface area contributed by atoms with Crippen LogP contribution in [0, 0.1) is 0 Å². The number of aryl methyl sites for hydroxylation is 1. The Hall–Kier alpha value is -2.05. The summed E-state index contributed by atoms with van der Waals surface area (Å²) >= 11 is 7.48. The third-order valence-corrected chi connectivity index (χ3v) is 5.68. The maximum absolute atomic E-state index is 12.5. The second-order valence-electron chi connectivity index (χ2n) is 5.96. The minimum absolute atomic E-state index is 0.346. The summed E-state index contributed by atoms with van der Waals surface area (Å²) in [7, 11) is 0. The van der Waals surface area contributed by atoms with Crippen LogP contribution >= 0.6 is 22.9 Å². The topological polar surface area (TPSA) is 81.4 Å². The molecule has 3 rings (SSSR count). The number of benzene rings is 1. The molecule has 0 radical (unpaired) electrons. The number of carbonyl (C=O) groups is 2. The molecule has 1 aromatic carbocycles. The molecule has 1 unspecified atom stereocenters. The lowest BCUT2D eigenvalue weighted by Gasteiger charge is -2.15. The van der Waals surface area contributed by atoms with E-state index in [9.17, 15) is 9.59 Å². The molecule has 132 valence electrons. The molecule has 2 amide bonds. The third-order valence-electron chi connectivity index (χ3n) is 4.16.